The van der Waals surface area contributed by atoms with Gasteiger partial charge in [0, 0.05) is 16.7 Å². The van der Waals surface area contributed by atoms with Crippen LogP contribution in [0.25, 0.3) is 0 Å². The number of ketones is 2. The Morgan fingerprint density at radius 3 is 2.12 bits per heavy atom. The van der Waals surface area contributed by atoms with Gasteiger partial charge in [0.15, 0.2) is 29.4 Å². The number of carbonyl (C=O) groups is 2. The van der Waals surface area contributed by atoms with Crippen LogP contribution in [0.4, 0.5) is 0 Å². The van der Waals surface area contributed by atoms with Gasteiger partial charge in [-0.2, -0.15) is 0 Å². The van der Waals surface area contributed by atoms with E-state index in [4.69, 9.17) is 18.9 Å². The van der Waals surface area contributed by atoms with Crippen molar-refractivity contribution in [3.8, 4) is 17.2 Å². The smallest absolute Gasteiger partial charge is 0.229 e. The molecule has 15 nitrogen and oxygen atoms in total. The molecule has 0 aromatic heterocycles. The standard InChI is InChI=1S/C26H28O15/c27-5-8-1-2-9-14(16(8)30)17(31)10-3-4-11(28)24(15(10)18(9)32)41-26-23(37)21(35)20(34)13(40-26)7-39-25-22(36)19(33)12(29)6-38-25/h1-4,12-13,19-23,25-30,33-37H,5-7H2/t12-,13-,19+,20-,21+,22-,23-,25-,26-/m1/s1. The minimum Gasteiger partial charge on any atom is -0.507 e. The summed E-state index contributed by atoms with van der Waals surface area (Å²) in [5, 5.41) is 91.3. The zero-order chi connectivity index (χ0) is 29.7. The van der Waals surface area contributed by atoms with Crippen LogP contribution in [0.15, 0.2) is 24.3 Å². The molecule has 5 rings (SSSR count). The number of benzene rings is 2. The highest BCUT2D eigenvalue weighted by Gasteiger charge is 2.47. The normalized spacial score (nSPS) is 33.3. The molecule has 0 unspecified atom stereocenters. The van der Waals surface area contributed by atoms with Gasteiger partial charge in [0.05, 0.1) is 30.9 Å². The van der Waals surface area contributed by atoms with Crippen molar-refractivity contribution in [2.45, 2.75) is 61.9 Å². The molecule has 0 radical (unpaired) electrons. The molecule has 0 bridgehead atoms. The van der Waals surface area contributed by atoms with Crippen molar-refractivity contribution < 1.29 is 74.5 Å². The third-order valence-electron chi connectivity index (χ3n) is 7.29. The first-order valence-electron chi connectivity index (χ1n) is 12.5. The molecule has 9 N–H and O–H groups in total. The zero-order valence-electron chi connectivity index (χ0n) is 21.1. The van der Waals surface area contributed by atoms with Gasteiger partial charge in [0.25, 0.3) is 0 Å². The van der Waals surface area contributed by atoms with Crippen LogP contribution in [0.5, 0.6) is 17.2 Å². The first-order valence-corrected chi connectivity index (χ1v) is 12.5. The van der Waals surface area contributed by atoms with Gasteiger partial charge in [0.1, 0.15) is 48.5 Å². The van der Waals surface area contributed by atoms with Crippen molar-refractivity contribution in [1.29, 1.82) is 0 Å². The fourth-order valence-electron chi connectivity index (χ4n) is 4.94. The topological polar surface area (TPSA) is 253 Å². The SMILES string of the molecule is O=C1c2ccc(O)c(O[C@H]3O[C@H](CO[C@H]4OC[C@@H](O)[C@H](O)[C@H]4O)[C@@H](O)[C@H](O)[C@H]3O)c2C(=O)c2ccc(CO)c(O)c21. The molecule has 222 valence electrons. The lowest BCUT2D eigenvalue weighted by Gasteiger charge is -2.41. The predicted molar refractivity (Wildman–Crippen MR) is 130 cm³/mol. The van der Waals surface area contributed by atoms with Crippen molar-refractivity contribution in [1.82, 2.24) is 0 Å². The lowest BCUT2D eigenvalue weighted by atomic mass is 9.82. The Morgan fingerprint density at radius 1 is 0.780 bits per heavy atom. The van der Waals surface area contributed by atoms with Gasteiger partial charge < -0.3 is 64.9 Å². The Labute approximate surface area is 231 Å². The van der Waals surface area contributed by atoms with Gasteiger partial charge in [-0.1, -0.05) is 6.07 Å². The second-order valence-corrected chi connectivity index (χ2v) is 9.86. The van der Waals surface area contributed by atoms with Gasteiger partial charge in [-0.05, 0) is 18.2 Å². The summed E-state index contributed by atoms with van der Waals surface area (Å²) in [7, 11) is 0. The Balaban J connectivity index is 1.41. The highest BCUT2D eigenvalue weighted by molar-refractivity contribution is 6.30. The van der Waals surface area contributed by atoms with E-state index in [0.717, 1.165) is 12.1 Å². The van der Waals surface area contributed by atoms with Crippen molar-refractivity contribution in [2.24, 2.45) is 0 Å². The van der Waals surface area contributed by atoms with Gasteiger partial charge in [-0.15, -0.1) is 0 Å². The van der Waals surface area contributed by atoms with Crippen LogP contribution in [0.2, 0.25) is 0 Å². The van der Waals surface area contributed by atoms with E-state index >= 15 is 0 Å². The molecule has 15 heteroatoms. The molecule has 9 atom stereocenters. The number of aliphatic hydroxyl groups is 7. The average molecular weight is 580 g/mol. The van der Waals surface area contributed by atoms with E-state index in [1.165, 1.54) is 12.1 Å². The summed E-state index contributed by atoms with van der Waals surface area (Å²) >= 11 is 0. The Hall–Kier alpha value is -3.22. The van der Waals surface area contributed by atoms with Gasteiger partial charge >= 0.3 is 0 Å². The number of phenols is 2. The minimum atomic E-state index is -1.93. The number of phenolic OH excluding ortho intramolecular Hbond substituents is 1. The maximum absolute atomic E-state index is 13.4. The Morgan fingerprint density at radius 2 is 1.41 bits per heavy atom. The second kappa shape index (κ2) is 11.2. The van der Waals surface area contributed by atoms with E-state index in [1.807, 2.05) is 0 Å². The molecule has 0 amide bonds. The number of hydrogen-bond acceptors (Lipinski definition) is 15. The Bertz CT molecular complexity index is 1340. The molecule has 2 aromatic carbocycles. The fraction of sp³-hybridized carbons (Fsp3) is 0.462. The van der Waals surface area contributed by atoms with E-state index in [-0.39, 0.29) is 28.9 Å². The molecule has 2 aliphatic heterocycles. The van der Waals surface area contributed by atoms with Crippen molar-refractivity contribution in [3.63, 3.8) is 0 Å². The van der Waals surface area contributed by atoms with Crippen LogP contribution in [0.1, 0.15) is 37.4 Å². The number of aromatic hydroxyl groups is 2. The zero-order valence-corrected chi connectivity index (χ0v) is 21.1. The number of hydrogen-bond donors (Lipinski definition) is 9. The van der Waals surface area contributed by atoms with Crippen molar-refractivity contribution in [3.05, 3.63) is 52.1 Å². The van der Waals surface area contributed by atoms with Crippen LogP contribution in [-0.2, 0) is 20.8 Å². The monoisotopic (exact) mass is 580 g/mol. The number of carbonyl (C=O) groups excluding carboxylic acids is 2. The molecule has 2 aromatic rings. The van der Waals surface area contributed by atoms with E-state index in [9.17, 15) is 55.5 Å². The molecule has 2 fully saturated rings. The Kier molecular flexibility index (Phi) is 8.01. The van der Waals surface area contributed by atoms with E-state index in [0.29, 0.717) is 0 Å². The highest BCUT2D eigenvalue weighted by Crippen LogP contribution is 2.43. The maximum Gasteiger partial charge on any atom is 0.229 e. The first-order chi connectivity index (χ1) is 19.5. The number of aliphatic hydroxyl groups excluding tert-OH is 7. The summed E-state index contributed by atoms with van der Waals surface area (Å²) < 4.78 is 21.7. The number of ether oxygens (including phenoxy) is 4. The first kappa shape index (κ1) is 29.3. The van der Waals surface area contributed by atoms with Gasteiger partial charge in [-0.25, -0.2) is 0 Å². The summed E-state index contributed by atoms with van der Waals surface area (Å²) in [4.78, 5) is 26.7. The van der Waals surface area contributed by atoms with Gasteiger partial charge in [-0.3, -0.25) is 9.59 Å². The van der Waals surface area contributed by atoms with Crippen LogP contribution >= 0.6 is 0 Å². The quantitative estimate of drug-likeness (QED) is 0.141. The van der Waals surface area contributed by atoms with Crippen molar-refractivity contribution in [2.75, 3.05) is 13.2 Å². The van der Waals surface area contributed by atoms with E-state index in [2.05, 4.69) is 0 Å². The summed E-state index contributed by atoms with van der Waals surface area (Å²) in [6, 6.07) is 4.62. The molecule has 1 aliphatic carbocycles. The summed E-state index contributed by atoms with van der Waals surface area (Å²) in [5.41, 5.74) is -1.26. The molecule has 2 heterocycles. The second-order valence-electron chi connectivity index (χ2n) is 9.86. The molecule has 2 saturated heterocycles. The largest absolute Gasteiger partial charge is 0.507 e. The number of fused-ring (bicyclic) bond motifs is 2. The third-order valence-corrected chi connectivity index (χ3v) is 7.29. The lowest BCUT2D eigenvalue weighted by molar-refractivity contribution is -0.307. The predicted octanol–water partition coefficient (Wildman–Crippen LogP) is -2.99. The molecular formula is C26H28O15. The number of rotatable bonds is 6. The van der Waals surface area contributed by atoms with Crippen LogP contribution in [0.3, 0.4) is 0 Å². The summed E-state index contributed by atoms with van der Waals surface area (Å²) in [5.74, 6) is -3.45. The van der Waals surface area contributed by atoms with Gasteiger partial charge in [0.2, 0.25) is 6.29 Å². The molecule has 41 heavy (non-hydrogen) atoms. The summed E-state index contributed by atoms with van der Waals surface area (Å²) in [6.45, 7) is -1.54. The molecule has 3 aliphatic rings. The minimum absolute atomic E-state index is 0.0139. The molecule has 0 saturated carbocycles. The fourth-order valence-corrected chi connectivity index (χ4v) is 4.94. The highest BCUT2D eigenvalue weighted by atomic mass is 16.7. The third kappa shape index (κ3) is 4.95. The lowest BCUT2D eigenvalue weighted by Crippen LogP contribution is -2.61. The maximum atomic E-state index is 13.4. The van der Waals surface area contributed by atoms with Crippen molar-refractivity contribution >= 4 is 11.6 Å². The van der Waals surface area contributed by atoms with Crippen LogP contribution in [0, 0.1) is 0 Å². The van der Waals surface area contributed by atoms with Crippen LogP contribution < -0.4 is 4.74 Å². The summed E-state index contributed by atoms with van der Waals surface area (Å²) in [6.07, 6.45) is -14.9. The average Bonchev–Trinajstić information content (AvgIpc) is 2.95. The molecule has 0 spiro atoms. The van der Waals surface area contributed by atoms with E-state index < -0.39 is 103 Å². The molecular weight excluding hydrogens is 552 g/mol. The van der Waals surface area contributed by atoms with Crippen LogP contribution in [-0.4, -0.2) is 126 Å². The van der Waals surface area contributed by atoms with E-state index in [1.54, 1.807) is 0 Å².